The Morgan fingerprint density at radius 1 is 1.39 bits per heavy atom. The van der Waals surface area contributed by atoms with Crippen LogP contribution in [-0.4, -0.2) is 40.6 Å². The number of aliphatic hydroxyl groups is 1. The average molecular weight is 252 g/mol. The van der Waals surface area contributed by atoms with Crippen molar-refractivity contribution in [3.05, 3.63) is 23.5 Å². The van der Waals surface area contributed by atoms with E-state index in [-0.39, 0.29) is 5.75 Å². The summed E-state index contributed by atoms with van der Waals surface area (Å²) in [4.78, 5) is 4.26. The Morgan fingerprint density at radius 3 is 2.83 bits per heavy atom. The lowest BCUT2D eigenvalue weighted by Crippen LogP contribution is -2.44. The maximum absolute atomic E-state index is 10.2. The average Bonchev–Trinajstić information content (AvgIpc) is 2.34. The fourth-order valence-electron chi connectivity index (χ4n) is 2.07. The number of aryl methyl sites for hydroxylation is 1. The number of aromatic hydroxyl groups is 1. The number of aromatic nitrogens is 1. The molecule has 0 amide bonds. The molecule has 0 atom stereocenters. The minimum absolute atomic E-state index is 0.187. The summed E-state index contributed by atoms with van der Waals surface area (Å²) in [5.41, 5.74) is 0.789. The van der Waals surface area contributed by atoms with Gasteiger partial charge in [-0.25, -0.2) is 0 Å². The van der Waals surface area contributed by atoms with Gasteiger partial charge in [0.2, 0.25) is 0 Å². The highest BCUT2D eigenvalue weighted by atomic mass is 16.5. The number of hydrogen-bond donors (Lipinski definition) is 3. The molecule has 1 aliphatic rings. The number of rotatable bonds is 4. The lowest BCUT2D eigenvalue weighted by atomic mass is 9.94. The zero-order valence-electron chi connectivity index (χ0n) is 10.6. The van der Waals surface area contributed by atoms with Crippen molar-refractivity contribution in [3.8, 4) is 5.75 Å². The van der Waals surface area contributed by atoms with E-state index in [4.69, 9.17) is 4.74 Å². The molecule has 0 radical (unpaired) electrons. The standard InChI is InChI=1S/C13H20N2O3/c1-10-2-3-12(16)11(15-10)8-14-9-13(17)4-6-18-7-5-13/h2-3,14,16-17H,4-9H2,1H3. The molecule has 100 valence electrons. The van der Waals surface area contributed by atoms with Crippen LogP contribution in [0.4, 0.5) is 0 Å². The SMILES string of the molecule is Cc1ccc(O)c(CNCC2(O)CCOCC2)n1. The van der Waals surface area contributed by atoms with Crippen LogP contribution in [-0.2, 0) is 11.3 Å². The molecule has 0 saturated carbocycles. The predicted molar refractivity (Wildman–Crippen MR) is 67.3 cm³/mol. The van der Waals surface area contributed by atoms with Gasteiger partial charge in [-0.15, -0.1) is 0 Å². The molecule has 1 aliphatic heterocycles. The highest BCUT2D eigenvalue weighted by molar-refractivity contribution is 5.27. The third-order valence-electron chi connectivity index (χ3n) is 3.26. The van der Waals surface area contributed by atoms with Crippen molar-refractivity contribution in [2.75, 3.05) is 19.8 Å². The molecule has 0 unspecified atom stereocenters. The van der Waals surface area contributed by atoms with E-state index in [9.17, 15) is 10.2 Å². The van der Waals surface area contributed by atoms with E-state index in [1.807, 2.05) is 6.92 Å². The van der Waals surface area contributed by atoms with E-state index >= 15 is 0 Å². The van der Waals surface area contributed by atoms with Gasteiger partial charge in [-0.05, 0) is 19.1 Å². The van der Waals surface area contributed by atoms with Crippen molar-refractivity contribution in [2.24, 2.45) is 0 Å². The molecular weight excluding hydrogens is 232 g/mol. The maximum Gasteiger partial charge on any atom is 0.138 e. The molecule has 5 heteroatoms. The maximum atomic E-state index is 10.2. The number of pyridine rings is 1. The first kappa shape index (κ1) is 13.3. The number of hydrogen-bond acceptors (Lipinski definition) is 5. The van der Waals surface area contributed by atoms with Gasteiger partial charge in [0.15, 0.2) is 0 Å². The number of ether oxygens (including phenoxy) is 1. The molecule has 1 fully saturated rings. The van der Waals surface area contributed by atoms with Crippen LogP contribution < -0.4 is 5.32 Å². The molecule has 0 bridgehead atoms. The minimum Gasteiger partial charge on any atom is -0.506 e. The summed E-state index contributed by atoms with van der Waals surface area (Å²) in [5, 5.41) is 23.1. The van der Waals surface area contributed by atoms with Crippen LogP contribution in [0, 0.1) is 6.92 Å². The first-order valence-corrected chi connectivity index (χ1v) is 6.25. The smallest absolute Gasteiger partial charge is 0.138 e. The second-order valence-corrected chi connectivity index (χ2v) is 4.86. The van der Waals surface area contributed by atoms with Gasteiger partial charge in [0, 0.05) is 44.8 Å². The van der Waals surface area contributed by atoms with E-state index in [1.165, 1.54) is 0 Å². The summed E-state index contributed by atoms with van der Waals surface area (Å²) in [7, 11) is 0. The predicted octanol–water partition coefficient (Wildman–Crippen LogP) is 0.727. The largest absolute Gasteiger partial charge is 0.506 e. The molecular formula is C13H20N2O3. The first-order valence-electron chi connectivity index (χ1n) is 6.25. The van der Waals surface area contributed by atoms with Gasteiger partial charge in [-0.1, -0.05) is 0 Å². The molecule has 1 aromatic heterocycles. The van der Waals surface area contributed by atoms with Gasteiger partial charge < -0.3 is 20.3 Å². The third kappa shape index (κ3) is 3.41. The van der Waals surface area contributed by atoms with Crippen molar-refractivity contribution in [1.82, 2.24) is 10.3 Å². The molecule has 2 rings (SSSR count). The summed E-state index contributed by atoms with van der Waals surface area (Å²) >= 11 is 0. The van der Waals surface area contributed by atoms with Crippen molar-refractivity contribution >= 4 is 0 Å². The van der Waals surface area contributed by atoms with Gasteiger partial charge in [-0.2, -0.15) is 0 Å². The van der Waals surface area contributed by atoms with E-state index in [0.29, 0.717) is 44.8 Å². The zero-order chi connectivity index (χ0) is 13.0. The molecule has 1 aromatic rings. The molecule has 1 saturated heterocycles. The van der Waals surface area contributed by atoms with Crippen LogP contribution >= 0.6 is 0 Å². The summed E-state index contributed by atoms with van der Waals surface area (Å²) in [6.07, 6.45) is 1.29. The van der Waals surface area contributed by atoms with Gasteiger partial charge >= 0.3 is 0 Å². The van der Waals surface area contributed by atoms with Crippen LogP contribution in [0.2, 0.25) is 0 Å². The van der Waals surface area contributed by atoms with Crippen LogP contribution in [0.25, 0.3) is 0 Å². The lowest BCUT2D eigenvalue weighted by Gasteiger charge is -2.32. The van der Waals surface area contributed by atoms with Gasteiger partial charge in [0.05, 0.1) is 11.3 Å². The monoisotopic (exact) mass is 252 g/mol. The van der Waals surface area contributed by atoms with Crippen molar-refractivity contribution in [1.29, 1.82) is 0 Å². The fourth-order valence-corrected chi connectivity index (χ4v) is 2.07. The van der Waals surface area contributed by atoms with Crippen LogP contribution in [0.1, 0.15) is 24.2 Å². The Kier molecular flexibility index (Phi) is 4.16. The Hall–Kier alpha value is -1.17. The van der Waals surface area contributed by atoms with Gasteiger partial charge in [0.1, 0.15) is 5.75 Å². The molecule has 0 spiro atoms. The van der Waals surface area contributed by atoms with Crippen LogP contribution in [0.5, 0.6) is 5.75 Å². The van der Waals surface area contributed by atoms with Gasteiger partial charge in [-0.3, -0.25) is 4.98 Å². The van der Waals surface area contributed by atoms with E-state index < -0.39 is 5.60 Å². The van der Waals surface area contributed by atoms with Crippen LogP contribution in [0.15, 0.2) is 12.1 Å². The molecule has 18 heavy (non-hydrogen) atoms. The van der Waals surface area contributed by atoms with E-state index in [1.54, 1.807) is 12.1 Å². The summed E-state index contributed by atoms with van der Waals surface area (Å²) < 4.78 is 5.22. The molecule has 0 aliphatic carbocycles. The van der Waals surface area contributed by atoms with Crippen molar-refractivity contribution in [2.45, 2.75) is 31.9 Å². The first-order chi connectivity index (χ1) is 8.59. The highest BCUT2D eigenvalue weighted by Crippen LogP contribution is 2.20. The second-order valence-electron chi connectivity index (χ2n) is 4.86. The molecule has 2 heterocycles. The van der Waals surface area contributed by atoms with Gasteiger partial charge in [0.25, 0.3) is 0 Å². The fraction of sp³-hybridized carbons (Fsp3) is 0.615. The quantitative estimate of drug-likeness (QED) is 0.736. The second kappa shape index (κ2) is 5.65. The summed E-state index contributed by atoms with van der Waals surface area (Å²) in [5.74, 6) is 0.187. The van der Waals surface area contributed by atoms with E-state index in [2.05, 4.69) is 10.3 Å². The topological polar surface area (TPSA) is 74.6 Å². The summed E-state index contributed by atoms with van der Waals surface area (Å²) in [6, 6.07) is 3.41. The van der Waals surface area contributed by atoms with Crippen LogP contribution in [0.3, 0.4) is 0 Å². The normalized spacial score (nSPS) is 18.8. The number of nitrogens with zero attached hydrogens (tertiary/aromatic N) is 1. The van der Waals surface area contributed by atoms with Crippen molar-refractivity contribution in [3.63, 3.8) is 0 Å². The Balaban J connectivity index is 1.86. The Morgan fingerprint density at radius 2 is 2.11 bits per heavy atom. The summed E-state index contributed by atoms with van der Waals surface area (Å²) in [6.45, 7) is 4.04. The zero-order valence-corrected chi connectivity index (χ0v) is 10.6. The minimum atomic E-state index is -0.697. The number of nitrogens with one attached hydrogen (secondary N) is 1. The highest BCUT2D eigenvalue weighted by Gasteiger charge is 2.29. The Bertz CT molecular complexity index is 403. The van der Waals surface area contributed by atoms with Crippen molar-refractivity contribution < 1.29 is 14.9 Å². The molecule has 3 N–H and O–H groups in total. The molecule has 0 aromatic carbocycles. The van der Waals surface area contributed by atoms with E-state index in [0.717, 1.165) is 5.69 Å². The molecule has 5 nitrogen and oxygen atoms in total. The third-order valence-corrected chi connectivity index (χ3v) is 3.26. The Labute approximate surface area is 107 Å². The lowest BCUT2D eigenvalue weighted by molar-refractivity contribution is -0.0617.